The van der Waals surface area contributed by atoms with Gasteiger partial charge in [0, 0.05) is 4.90 Å². The zero-order valence-electron chi connectivity index (χ0n) is 14.9. The summed E-state index contributed by atoms with van der Waals surface area (Å²) in [6, 6.07) is 9.37. The van der Waals surface area contributed by atoms with Crippen LogP contribution in [0.5, 0.6) is 0 Å². The molecule has 0 radical (unpaired) electrons. The van der Waals surface area contributed by atoms with Crippen molar-refractivity contribution in [2.45, 2.75) is 42.9 Å². The zero-order valence-corrected chi connectivity index (χ0v) is 15.7. The van der Waals surface area contributed by atoms with E-state index in [1.807, 2.05) is 38.1 Å². The van der Waals surface area contributed by atoms with Gasteiger partial charge in [-0.1, -0.05) is 26.0 Å². The Balaban J connectivity index is 1.85. The third kappa shape index (κ3) is 4.76. The fourth-order valence-corrected chi connectivity index (χ4v) is 3.31. The van der Waals surface area contributed by atoms with Crippen molar-refractivity contribution in [1.29, 1.82) is 5.26 Å². The number of nitrogens with one attached hydrogen (secondary N) is 2. The maximum atomic E-state index is 12.1. The summed E-state index contributed by atoms with van der Waals surface area (Å²) >= 11 is 1.29. The zero-order chi connectivity index (χ0) is 19.3. The summed E-state index contributed by atoms with van der Waals surface area (Å²) in [5.41, 5.74) is -0.317. The minimum absolute atomic E-state index is 0.102. The van der Waals surface area contributed by atoms with Crippen LogP contribution in [0.2, 0.25) is 0 Å². The van der Waals surface area contributed by atoms with Gasteiger partial charge in [-0.05, 0) is 25.0 Å². The molecular weight excluding hydrogens is 354 g/mol. The van der Waals surface area contributed by atoms with Crippen LogP contribution in [-0.4, -0.2) is 35.2 Å². The first-order chi connectivity index (χ1) is 12.2. The first-order valence-electron chi connectivity index (χ1n) is 8.19. The van der Waals surface area contributed by atoms with Crippen molar-refractivity contribution in [1.82, 2.24) is 5.32 Å². The summed E-state index contributed by atoms with van der Waals surface area (Å²) < 4.78 is 4.96. The van der Waals surface area contributed by atoms with Crippen molar-refractivity contribution < 1.29 is 19.1 Å². The molecule has 2 N–H and O–H groups in total. The number of carbonyl (C=O) groups is 3. The highest BCUT2D eigenvalue weighted by atomic mass is 32.2. The van der Waals surface area contributed by atoms with Gasteiger partial charge in [-0.2, -0.15) is 5.26 Å². The van der Waals surface area contributed by atoms with Crippen LogP contribution in [0, 0.1) is 17.2 Å². The standard InChI is InChI=1S/C18H21N3O4S/c1-11(2)18(3,10-19)21-15(22)9-25-16(23)8-14-17(24)20-12-6-4-5-7-13(12)26-14/h4-7,11,14H,8-9H2,1-3H3,(H,20,24)(H,21,22)/t14-,18+/m0/s1. The number of thioether (sulfide) groups is 1. The average Bonchev–Trinajstić information content (AvgIpc) is 2.60. The molecule has 2 atom stereocenters. The highest BCUT2D eigenvalue weighted by Gasteiger charge is 2.31. The molecule has 1 aromatic rings. The van der Waals surface area contributed by atoms with Crippen molar-refractivity contribution in [3.05, 3.63) is 24.3 Å². The Labute approximate surface area is 156 Å². The fraction of sp³-hybridized carbons (Fsp3) is 0.444. The second-order valence-corrected chi connectivity index (χ2v) is 7.72. The second kappa shape index (κ2) is 8.23. The van der Waals surface area contributed by atoms with Crippen LogP contribution in [0.15, 0.2) is 29.2 Å². The van der Waals surface area contributed by atoms with Gasteiger partial charge in [-0.25, -0.2) is 0 Å². The smallest absolute Gasteiger partial charge is 0.307 e. The first-order valence-corrected chi connectivity index (χ1v) is 9.07. The molecule has 7 nitrogen and oxygen atoms in total. The molecular formula is C18H21N3O4S. The highest BCUT2D eigenvalue weighted by Crippen LogP contribution is 2.36. The van der Waals surface area contributed by atoms with Gasteiger partial charge in [-0.15, -0.1) is 11.8 Å². The Hall–Kier alpha value is -2.53. The van der Waals surface area contributed by atoms with E-state index in [1.54, 1.807) is 13.0 Å². The normalized spacial score (nSPS) is 18.1. The van der Waals surface area contributed by atoms with E-state index in [0.29, 0.717) is 0 Å². The summed E-state index contributed by atoms with van der Waals surface area (Å²) in [7, 11) is 0. The minimum atomic E-state index is -1.04. The van der Waals surface area contributed by atoms with Gasteiger partial charge in [0.15, 0.2) is 6.61 Å². The molecule has 0 aromatic heterocycles. The monoisotopic (exact) mass is 375 g/mol. The summed E-state index contributed by atoms with van der Waals surface area (Å²) in [5, 5.41) is 13.9. The minimum Gasteiger partial charge on any atom is -0.456 e. The molecule has 8 heteroatoms. The second-order valence-electron chi connectivity index (χ2n) is 6.47. The highest BCUT2D eigenvalue weighted by molar-refractivity contribution is 8.01. The number of nitrogens with zero attached hydrogens (tertiary/aromatic N) is 1. The lowest BCUT2D eigenvalue weighted by molar-refractivity contribution is -0.149. The quantitative estimate of drug-likeness (QED) is 0.737. The third-order valence-corrected chi connectivity index (χ3v) is 5.48. The Bertz CT molecular complexity index is 759. The molecule has 0 saturated carbocycles. The summed E-state index contributed by atoms with van der Waals surface area (Å²) in [5.74, 6) is -1.57. The van der Waals surface area contributed by atoms with Crippen LogP contribution in [0.1, 0.15) is 27.2 Å². The average molecular weight is 375 g/mol. The van der Waals surface area contributed by atoms with Crippen molar-refractivity contribution in [2.24, 2.45) is 5.92 Å². The lowest BCUT2D eigenvalue weighted by Gasteiger charge is -2.27. The van der Waals surface area contributed by atoms with Crippen LogP contribution in [0.4, 0.5) is 5.69 Å². The molecule has 2 amide bonds. The fourth-order valence-electron chi connectivity index (χ4n) is 2.21. The van der Waals surface area contributed by atoms with E-state index >= 15 is 0 Å². The molecule has 26 heavy (non-hydrogen) atoms. The Morgan fingerprint density at radius 2 is 2.12 bits per heavy atom. The molecule has 1 heterocycles. The number of rotatable bonds is 6. The van der Waals surface area contributed by atoms with Crippen LogP contribution in [0.25, 0.3) is 0 Å². The van der Waals surface area contributed by atoms with Crippen LogP contribution in [0.3, 0.4) is 0 Å². The summed E-state index contributed by atoms with van der Waals surface area (Å²) in [6.45, 7) is 4.74. The lowest BCUT2D eigenvalue weighted by Crippen LogP contribution is -2.50. The SMILES string of the molecule is CC(C)[C@@](C)(C#N)NC(=O)COC(=O)C[C@@H]1Sc2ccccc2NC1=O. The number of para-hydroxylation sites is 1. The van der Waals surface area contributed by atoms with E-state index in [2.05, 4.69) is 10.6 Å². The van der Waals surface area contributed by atoms with Gasteiger partial charge in [0.05, 0.1) is 23.4 Å². The molecule has 2 rings (SSSR count). The lowest BCUT2D eigenvalue weighted by atomic mass is 9.90. The number of hydrogen-bond acceptors (Lipinski definition) is 6. The van der Waals surface area contributed by atoms with Crippen LogP contribution < -0.4 is 10.6 Å². The van der Waals surface area contributed by atoms with Gasteiger partial charge in [0.25, 0.3) is 5.91 Å². The summed E-state index contributed by atoms with van der Waals surface area (Å²) in [6.07, 6.45) is -0.141. The number of fused-ring (bicyclic) bond motifs is 1. The molecule has 1 aliphatic rings. The van der Waals surface area contributed by atoms with Crippen LogP contribution >= 0.6 is 11.8 Å². The van der Waals surface area contributed by atoms with E-state index in [-0.39, 0.29) is 18.2 Å². The molecule has 0 aliphatic carbocycles. The topological polar surface area (TPSA) is 108 Å². The number of amides is 2. The Morgan fingerprint density at radius 1 is 1.42 bits per heavy atom. The number of carbonyl (C=O) groups excluding carboxylic acids is 3. The number of esters is 1. The molecule has 0 bridgehead atoms. The molecule has 0 fully saturated rings. The molecule has 1 aliphatic heterocycles. The summed E-state index contributed by atoms with van der Waals surface area (Å²) in [4.78, 5) is 36.9. The maximum absolute atomic E-state index is 12.1. The van der Waals surface area contributed by atoms with E-state index in [0.717, 1.165) is 10.6 Å². The van der Waals surface area contributed by atoms with Gasteiger partial charge in [-0.3, -0.25) is 14.4 Å². The maximum Gasteiger partial charge on any atom is 0.307 e. The largest absolute Gasteiger partial charge is 0.456 e. The van der Waals surface area contributed by atoms with Crippen molar-refractivity contribution in [2.75, 3.05) is 11.9 Å². The number of ether oxygens (including phenoxy) is 1. The Morgan fingerprint density at radius 3 is 2.77 bits per heavy atom. The molecule has 0 unspecified atom stereocenters. The number of benzene rings is 1. The van der Waals surface area contributed by atoms with Crippen molar-refractivity contribution in [3.63, 3.8) is 0 Å². The number of anilines is 1. The molecule has 138 valence electrons. The van der Waals surface area contributed by atoms with Gasteiger partial charge >= 0.3 is 5.97 Å². The van der Waals surface area contributed by atoms with E-state index < -0.39 is 29.3 Å². The number of hydrogen-bond donors (Lipinski definition) is 2. The predicted octanol–water partition coefficient (Wildman–Crippen LogP) is 2.09. The van der Waals surface area contributed by atoms with Crippen LogP contribution in [-0.2, 0) is 19.1 Å². The van der Waals surface area contributed by atoms with Gasteiger partial charge in [0.2, 0.25) is 5.91 Å². The van der Waals surface area contributed by atoms with Crippen molar-refractivity contribution in [3.8, 4) is 6.07 Å². The molecule has 0 saturated heterocycles. The number of nitriles is 1. The predicted molar refractivity (Wildman–Crippen MR) is 97.3 cm³/mol. The third-order valence-electron chi connectivity index (χ3n) is 4.21. The van der Waals surface area contributed by atoms with E-state index in [4.69, 9.17) is 4.74 Å². The van der Waals surface area contributed by atoms with Gasteiger partial charge < -0.3 is 15.4 Å². The van der Waals surface area contributed by atoms with Crippen molar-refractivity contribution >= 4 is 35.2 Å². The first kappa shape index (κ1) is 19.8. The molecule has 1 aromatic carbocycles. The van der Waals surface area contributed by atoms with E-state index in [1.165, 1.54) is 11.8 Å². The Kier molecular flexibility index (Phi) is 6.27. The van der Waals surface area contributed by atoms with Gasteiger partial charge in [0.1, 0.15) is 5.54 Å². The van der Waals surface area contributed by atoms with E-state index in [9.17, 15) is 19.6 Å². The molecule has 0 spiro atoms.